The van der Waals surface area contributed by atoms with Crippen molar-refractivity contribution in [1.29, 1.82) is 0 Å². The number of hydrogen-bond donors (Lipinski definition) is 2. The number of morpholine rings is 1. The van der Waals surface area contributed by atoms with Crippen LogP contribution in [0.5, 0.6) is 0 Å². The molecular weight excluding hydrogens is 470 g/mol. The number of carbonyl (C=O) groups is 2. The first-order chi connectivity index (χ1) is 17.9. The third-order valence-corrected chi connectivity index (χ3v) is 7.07. The fraction of sp³-hybridized carbons (Fsp3) is 0.556. The van der Waals surface area contributed by atoms with Gasteiger partial charge in [-0.2, -0.15) is 0 Å². The summed E-state index contributed by atoms with van der Waals surface area (Å²) in [5, 5.41) is 5.84. The fourth-order valence-electron chi connectivity index (χ4n) is 4.81. The van der Waals surface area contributed by atoms with Crippen molar-refractivity contribution in [3.8, 4) is 11.3 Å². The fourth-order valence-corrected chi connectivity index (χ4v) is 4.81. The van der Waals surface area contributed by atoms with Gasteiger partial charge in [-0.3, -0.25) is 4.79 Å². The van der Waals surface area contributed by atoms with Gasteiger partial charge in [-0.1, -0.05) is 12.1 Å². The van der Waals surface area contributed by atoms with Gasteiger partial charge in [0.25, 0.3) is 0 Å². The second-order valence-corrected chi connectivity index (χ2v) is 10.5. The van der Waals surface area contributed by atoms with Crippen molar-refractivity contribution < 1.29 is 14.3 Å². The molecule has 0 spiro atoms. The summed E-state index contributed by atoms with van der Waals surface area (Å²) in [4.78, 5) is 41.3. The standard InChI is InChI=1S/C27H37N7O3/c1-18-17-37-14-13-34(18)26-30-23-16-33(24(35)5-4-12-32(2)3)15-22(23)25(31-26)19-6-8-20(9-7-19)28-27(36)29-21-10-11-21/h6-9,18,21H,4-5,10-17H2,1-3H3,(H2,28,29,36)/t18-/m0/s1. The minimum atomic E-state index is -0.176. The lowest BCUT2D eigenvalue weighted by Gasteiger charge is -2.33. The van der Waals surface area contributed by atoms with Crippen molar-refractivity contribution in [2.45, 2.75) is 57.8 Å². The number of aromatic nitrogens is 2. The van der Waals surface area contributed by atoms with E-state index in [0.717, 1.165) is 60.6 Å². The summed E-state index contributed by atoms with van der Waals surface area (Å²) in [6, 6.07) is 8.04. The van der Waals surface area contributed by atoms with E-state index < -0.39 is 0 Å². The highest BCUT2D eigenvalue weighted by molar-refractivity contribution is 5.90. The number of rotatable bonds is 8. The van der Waals surface area contributed by atoms with Crippen LogP contribution in [0, 0.1) is 0 Å². The number of fused-ring (bicyclic) bond motifs is 1. The molecule has 1 aromatic carbocycles. The van der Waals surface area contributed by atoms with E-state index in [-0.39, 0.29) is 18.0 Å². The SMILES string of the molecule is C[C@H]1COCCN1c1nc2c(c(-c3ccc(NC(=O)NC4CC4)cc3)n1)CN(C(=O)CCCN(C)C)C2. The van der Waals surface area contributed by atoms with Crippen molar-refractivity contribution >= 4 is 23.6 Å². The Bertz CT molecular complexity index is 1130. The Morgan fingerprint density at radius 1 is 1.14 bits per heavy atom. The predicted molar refractivity (Wildman–Crippen MR) is 142 cm³/mol. The number of benzene rings is 1. The Hall–Kier alpha value is -3.24. The molecule has 3 aliphatic rings. The smallest absolute Gasteiger partial charge is 0.319 e. The summed E-state index contributed by atoms with van der Waals surface area (Å²) in [5.41, 5.74) is 4.42. The molecule has 0 unspecified atom stereocenters. The molecule has 1 aliphatic carbocycles. The maximum Gasteiger partial charge on any atom is 0.319 e. The van der Waals surface area contributed by atoms with E-state index in [9.17, 15) is 9.59 Å². The van der Waals surface area contributed by atoms with Gasteiger partial charge in [0.05, 0.1) is 43.7 Å². The lowest BCUT2D eigenvalue weighted by Crippen LogP contribution is -2.44. The van der Waals surface area contributed by atoms with E-state index in [1.54, 1.807) is 0 Å². The van der Waals surface area contributed by atoms with Gasteiger partial charge < -0.3 is 30.1 Å². The molecule has 1 atom stereocenters. The van der Waals surface area contributed by atoms with Crippen LogP contribution in [0.25, 0.3) is 11.3 Å². The van der Waals surface area contributed by atoms with Crippen LogP contribution >= 0.6 is 0 Å². The molecule has 2 fully saturated rings. The molecule has 2 aromatic rings. The molecule has 3 amide bonds. The zero-order valence-corrected chi connectivity index (χ0v) is 22.0. The van der Waals surface area contributed by atoms with E-state index in [0.29, 0.717) is 44.7 Å². The maximum absolute atomic E-state index is 13.0. The Labute approximate surface area is 218 Å². The Morgan fingerprint density at radius 2 is 1.92 bits per heavy atom. The van der Waals surface area contributed by atoms with Crippen molar-refractivity contribution in [2.75, 3.05) is 50.6 Å². The number of carbonyl (C=O) groups excluding carboxylic acids is 2. The highest BCUT2D eigenvalue weighted by Gasteiger charge is 2.31. The van der Waals surface area contributed by atoms with Gasteiger partial charge in [0.15, 0.2) is 0 Å². The minimum Gasteiger partial charge on any atom is -0.377 e. The number of ether oxygens (including phenoxy) is 1. The van der Waals surface area contributed by atoms with Crippen LogP contribution in [0.4, 0.5) is 16.4 Å². The van der Waals surface area contributed by atoms with Gasteiger partial charge in [0.2, 0.25) is 11.9 Å². The molecule has 2 aliphatic heterocycles. The Kier molecular flexibility index (Phi) is 7.57. The van der Waals surface area contributed by atoms with Crippen molar-refractivity contribution in [3.05, 3.63) is 35.5 Å². The van der Waals surface area contributed by atoms with E-state index in [4.69, 9.17) is 14.7 Å². The minimum absolute atomic E-state index is 0.147. The van der Waals surface area contributed by atoms with Gasteiger partial charge >= 0.3 is 6.03 Å². The van der Waals surface area contributed by atoms with Crippen LogP contribution in [0.1, 0.15) is 43.9 Å². The van der Waals surface area contributed by atoms with E-state index in [1.165, 1.54) is 0 Å². The maximum atomic E-state index is 13.0. The first-order valence-corrected chi connectivity index (χ1v) is 13.2. The average Bonchev–Trinajstić information content (AvgIpc) is 3.57. The molecule has 1 saturated carbocycles. The molecule has 3 heterocycles. The largest absolute Gasteiger partial charge is 0.377 e. The summed E-state index contributed by atoms with van der Waals surface area (Å²) in [6.45, 7) is 6.01. The summed E-state index contributed by atoms with van der Waals surface area (Å²) >= 11 is 0. The molecule has 10 heteroatoms. The summed E-state index contributed by atoms with van der Waals surface area (Å²) in [6.07, 6.45) is 3.44. The van der Waals surface area contributed by atoms with E-state index in [1.807, 2.05) is 43.3 Å². The summed E-state index contributed by atoms with van der Waals surface area (Å²) < 4.78 is 5.62. The van der Waals surface area contributed by atoms with Crippen LogP contribution in [0.2, 0.25) is 0 Å². The number of urea groups is 1. The Morgan fingerprint density at radius 3 is 2.62 bits per heavy atom. The molecule has 1 aromatic heterocycles. The first kappa shape index (κ1) is 25.4. The number of nitrogens with zero attached hydrogens (tertiary/aromatic N) is 5. The predicted octanol–water partition coefficient (Wildman–Crippen LogP) is 2.84. The van der Waals surface area contributed by atoms with Crippen molar-refractivity contribution in [2.24, 2.45) is 0 Å². The van der Waals surface area contributed by atoms with Crippen molar-refractivity contribution in [1.82, 2.24) is 25.1 Å². The molecule has 10 nitrogen and oxygen atoms in total. The average molecular weight is 508 g/mol. The molecule has 5 rings (SSSR count). The third kappa shape index (κ3) is 6.19. The molecular formula is C27H37N7O3. The number of hydrogen-bond acceptors (Lipinski definition) is 7. The van der Waals surface area contributed by atoms with Crippen LogP contribution < -0.4 is 15.5 Å². The lowest BCUT2D eigenvalue weighted by molar-refractivity contribution is -0.132. The second-order valence-electron chi connectivity index (χ2n) is 10.5. The molecule has 1 saturated heterocycles. The molecule has 0 radical (unpaired) electrons. The first-order valence-electron chi connectivity index (χ1n) is 13.2. The van der Waals surface area contributed by atoms with E-state index in [2.05, 4.69) is 27.4 Å². The van der Waals surface area contributed by atoms with Crippen LogP contribution in [-0.2, 0) is 22.6 Å². The number of amides is 3. The summed E-state index contributed by atoms with van der Waals surface area (Å²) in [7, 11) is 4.04. The van der Waals surface area contributed by atoms with Gasteiger partial charge in [-0.15, -0.1) is 0 Å². The van der Waals surface area contributed by atoms with Gasteiger partial charge in [-0.05, 0) is 59.0 Å². The topological polar surface area (TPSA) is 103 Å². The highest BCUT2D eigenvalue weighted by atomic mass is 16.5. The monoisotopic (exact) mass is 507 g/mol. The summed E-state index contributed by atoms with van der Waals surface area (Å²) in [5.74, 6) is 0.825. The van der Waals surface area contributed by atoms with Crippen LogP contribution in [-0.4, -0.2) is 84.2 Å². The van der Waals surface area contributed by atoms with Crippen LogP contribution in [0.3, 0.4) is 0 Å². The van der Waals surface area contributed by atoms with Gasteiger partial charge in [0, 0.05) is 35.8 Å². The van der Waals surface area contributed by atoms with Crippen molar-refractivity contribution in [3.63, 3.8) is 0 Å². The lowest BCUT2D eigenvalue weighted by atomic mass is 10.1. The molecule has 198 valence electrons. The quantitative estimate of drug-likeness (QED) is 0.566. The third-order valence-electron chi connectivity index (χ3n) is 7.07. The molecule has 37 heavy (non-hydrogen) atoms. The molecule has 0 bridgehead atoms. The van der Waals surface area contributed by atoms with Crippen LogP contribution in [0.15, 0.2) is 24.3 Å². The number of nitrogens with one attached hydrogen (secondary N) is 2. The second kappa shape index (κ2) is 11.0. The Balaban J connectivity index is 1.39. The van der Waals surface area contributed by atoms with Gasteiger partial charge in [0.1, 0.15) is 0 Å². The molecule has 2 N–H and O–H groups in total. The van der Waals surface area contributed by atoms with Gasteiger partial charge in [-0.25, -0.2) is 14.8 Å². The normalized spacial score (nSPS) is 19.2. The zero-order chi connectivity index (χ0) is 25.9. The zero-order valence-electron chi connectivity index (χ0n) is 22.0. The highest BCUT2D eigenvalue weighted by Crippen LogP contribution is 2.34. The van der Waals surface area contributed by atoms with E-state index >= 15 is 0 Å². The number of anilines is 2.